The largest absolute Gasteiger partial charge is 0.361 e. The first-order chi connectivity index (χ1) is 17.8. The van der Waals surface area contributed by atoms with Gasteiger partial charge in [-0.05, 0) is 48.9 Å². The van der Waals surface area contributed by atoms with Gasteiger partial charge in [-0.1, -0.05) is 84.4 Å². The van der Waals surface area contributed by atoms with Gasteiger partial charge in [-0.25, -0.2) is 4.98 Å². The van der Waals surface area contributed by atoms with E-state index in [1.165, 1.54) is 27.6 Å². The molecule has 3 nitrogen and oxygen atoms in total. The lowest BCUT2D eigenvalue weighted by atomic mass is 9.88. The SMILES string of the molecule is Cc1ccc(N2C(c3ccccc3)=Cc3nc4ccccc4cc3C2c2c[nH]c3ccccc23)cc1. The Morgan fingerprint density at radius 2 is 1.50 bits per heavy atom. The van der Waals surface area contributed by atoms with Crippen LogP contribution in [0.4, 0.5) is 5.69 Å². The molecule has 7 rings (SSSR count). The first-order valence-corrected chi connectivity index (χ1v) is 12.3. The van der Waals surface area contributed by atoms with Gasteiger partial charge in [0.05, 0.1) is 22.9 Å². The molecule has 0 aliphatic carbocycles. The minimum Gasteiger partial charge on any atom is -0.361 e. The van der Waals surface area contributed by atoms with Crippen molar-refractivity contribution in [2.75, 3.05) is 4.90 Å². The zero-order valence-electron chi connectivity index (χ0n) is 20.0. The van der Waals surface area contributed by atoms with Gasteiger partial charge in [-0.2, -0.15) is 0 Å². The molecule has 6 aromatic rings. The summed E-state index contributed by atoms with van der Waals surface area (Å²) in [6.07, 6.45) is 4.42. The van der Waals surface area contributed by atoms with E-state index < -0.39 is 0 Å². The summed E-state index contributed by atoms with van der Waals surface area (Å²) in [5, 5.41) is 2.38. The normalized spacial score (nSPS) is 15.2. The van der Waals surface area contributed by atoms with E-state index in [1.807, 2.05) is 0 Å². The Morgan fingerprint density at radius 3 is 2.36 bits per heavy atom. The molecular weight excluding hydrogens is 438 g/mol. The van der Waals surface area contributed by atoms with Gasteiger partial charge in [-0.15, -0.1) is 0 Å². The summed E-state index contributed by atoms with van der Waals surface area (Å²) in [4.78, 5) is 11.2. The zero-order chi connectivity index (χ0) is 24.1. The van der Waals surface area contributed by atoms with Gasteiger partial charge in [0.15, 0.2) is 0 Å². The number of hydrogen-bond donors (Lipinski definition) is 1. The summed E-state index contributed by atoms with van der Waals surface area (Å²) < 4.78 is 0. The number of aromatic amines is 1. The van der Waals surface area contributed by atoms with E-state index in [-0.39, 0.29) is 6.04 Å². The number of H-pyrrole nitrogens is 1. The molecule has 1 unspecified atom stereocenters. The molecule has 3 heterocycles. The highest BCUT2D eigenvalue weighted by Crippen LogP contribution is 2.46. The molecule has 1 aliphatic rings. The van der Waals surface area contributed by atoms with Crippen LogP contribution >= 0.6 is 0 Å². The Balaban J connectivity index is 1.57. The zero-order valence-corrected chi connectivity index (χ0v) is 20.0. The first kappa shape index (κ1) is 20.7. The molecule has 3 heteroatoms. The Morgan fingerprint density at radius 1 is 0.750 bits per heavy atom. The number of rotatable bonds is 3. The van der Waals surface area contributed by atoms with Crippen molar-refractivity contribution in [1.82, 2.24) is 9.97 Å². The average molecular weight is 464 g/mol. The van der Waals surface area contributed by atoms with Crippen LogP contribution in [0, 0.1) is 6.92 Å². The maximum Gasteiger partial charge on any atom is 0.0886 e. The quantitative estimate of drug-likeness (QED) is 0.287. The molecule has 0 fully saturated rings. The number of fused-ring (bicyclic) bond motifs is 3. The summed E-state index contributed by atoms with van der Waals surface area (Å²) in [7, 11) is 0. The second kappa shape index (κ2) is 8.24. The highest BCUT2D eigenvalue weighted by atomic mass is 15.2. The number of hydrogen-bond acceptors (Lipinski definition) is 2. The van der Waals surface area contributed by atoms with Crippen LogP contribution in [-0.4, -0.2) is 9.97 Å². The van der Waals surface area contributed by atoms with Crippen molar-refractivity contribution in [3.63, 3.8) is 0 Å². The molecule has 4 aromatic carbocycles. The standard InChI is InChI=1S/C33H25N3/c1-22-15-17-25(18-16-22)36-32(23-9-3-2-4-10-23)20-31-27(19-24-11-5-7-13-29(24)35-31)33(36)28-21-34-30-14-8-6-12-26(28)30/h2-21,33-34H,1H3. The fraction of sp³-hybridized carbons (Fsp3) is 0.0606. The molecule has 0 radical (unpaired) electrons. The number of para-hydroxylation sites is 2. The second-order valence-corrected chi connectivity index (χ2v) is 9.45. The fourth-order valence-corrected chi connectivity index (χ4v) is 5.41. The Labute approximate surface area is 210 Å². The Hall–Kier alpha value is -4.63. The molecule has 1 atom stereocenters. The van der Waals surface area contributed by atoms with E-state index in [2.05, 4.69) is 138 Å². The fourth-order valence-electron chi connectivity index (χ4n) is 5.41. The maximum absolute atomic E-state index is 5.16. The number of anilines is 1. The lowest BCUT2D eigenvalue weighted by Gasteiger charge is -2.39. The van der Waals surface area contributed by atoms with Crippen molar-refractivity contribution in [1.29, 1.82) is 0 Å². The van der Waals surface area contributed by atoms with E-state index in [0.29, 0.717) is 0 Å². The maximum atomic E-state index is 5.16. The molecule has 36 heavy (non-hydrogen) atoms. The lowest BCUT2D eigenvalue weighted by molar-refractivity contribution is 0.817. The van der Waals surface area contributed by atoms with E-state index >= 15 is 0 Å². The van der Waals surface area contributed by atoms with Crippen LogP contribution in [-0.2, 0) is 0 Å². The molecule has 1 N–H and O–H groups in total. The van der Waals surface area contributed by atoms with Crippen molar-refractivity contribution in [2.45, 2.75) is 13.0 Å². The van der Waals surface area contributed by atoms with Crippen LogP contribution in [0.2, 0.25) is 0 Å². The minimum atomic E-state index is -0.0452. The van der Waals surface area contributed by atoms with Gasteiger partial charge in [-0.3, -0.25) is 0 Å². The van der Waals surface area contributed by atoms with Crippen molar-refractivity contribution >= 4 is 39.3 Å². The van der Waals surface area contributed by atoms with E-state index in [9.17, 15) is 0 Å². The molecule has 2 aromatic heterocycles. The van der Waals surface area contributed by atoms with E-state index in [0.717, 1.165) is 33.5 Å². The predicted octanol–water partition coefficient (Wildman–Crippen LogP) is 8.13. The molecule has 0 spiro atoms. The number of nitrogens with one attached hydrogen (secondary N) is 1. The highest BCUT2D eigenvalue weighted by Gasteiger charge is 2.34. The third-order valence-electron chi connectivity index (χ3n) is 7.17. The van der Waals surface area contributed by atoms with Gasteiger partial charge >= 0.3 is 0 Å². The van der Waals surface area contributed by atoms with Gasteiger partial charge in [0.2, 0.25) is 0 Å². The first-order valence-electron chi connectivity index (χ1n) is 12.3. The van der Waals surface area contributed by atoms with Gasteiger partial charge in [0.25, 0.3) is 0 Å². The van der Waals surface area contributed by atoms with Crippen molar-refractivity contribution in [2.24, 2.45) is 0 Å². The molecule has 172 valence electrons. The van der Waals surface area contributed by atoms with Gasteiger partial charge in [0.1, 0.15) is 0 Å². The Bertz CT molecular complexity index is 1740. The van der Waals surface area contributed by atoms with Crippen LogP contribution in [0.25, 0.3) is 33.6 Å². The summed E-state index contributed by atoms with van der Waals surface area (Å²) >= 11 is 0. The van der Waals surface area contributed by atoms with Crippen LogP contribution in [0.5, 0.6) is 0 Å². The number of aromatic nitrogens is 2. The summed E-state index contributed by atoms with van der Waals surface area (Å²) in [5.41, 5.74) is 10.3. The van der Waals surface area contributed by atoms with Crippen LogP contribution in [0.15, 0.2) is 115 Å². The molecule has 0 amide bonds. The van der Waals surface area contributed by atoms with Crippen LogP contribution in [0.3, 0.4) is 0 Å². The predicted molar refractivity (Wildman–Crippen MR) is 150 cm³/mol. The number of benzene rings is 4. The number of nitrogens with zero attached hydrogens (tertiary/aromatic N) is 2. The lowest BCUT2D eigenvalue weighted by Crippen LogP contribution is -2.31. The minimum absolute atomic E-state index is 0.0452. The molecule has 0 saturated heterocycles. The molecular formula is C33H25N3. The molecule has 1 aliphatic heterocycles. The second-order valence-electron chi connectivity index (χ2n) is 9.45. The number of pyridine rings is 1. The van der Waals surface area contributed by atoms with Crippen molar-refractivity contribution in [3.8, 4) is 0 Å². The summed E-state index contributed by atoms with van der Waals surface area (Å²) in [5.74, 6) is 0. The molecule has 0 bridgehead atoms. The van der Waals surface area contributed by atoms with Crippen molar-refractivity contribution < 1.29 is 0 Å². The third-order valence-corrected chi connectivity index (χ3v) is 7.17. The van der Waals surface area contributed by atoms with E-state index in [1.54, 1.807) is 0 Å². The average Bonchev–Trinajstić information content (AvgIpc) is 3.36. The van der Waals surface area contributed by atoms with E-state index in [4.69, 9.17) is 4.98 Å². The van der Waals surface area contributed by atoms with Gasteiger partial charge < -0.3 is 9.88 Å². The summed E-state index contributed by atoms with van der Waals surface area (Å²) in [6, 6.07) is 38.7. The van der Waals surface area contributed by atoms with Crippen LogP contribution < -0.4 is 4.90 Å². The monoisotopic (exact) mass is 463 g/mol. The van der Waals surface area contributed by atoms with Crippen LogP contribution in [0.1, 0.15) is 34.0 Å². The van der Waals surface area contributed by atoms with Gasteiger partial charge in [0, 0.05) is 39.3 Å². The topological polar surface area (TPSA) is 31.9 Å². The van der Waals surface area contributed by atoms with Crippen molar-refractivity contribution in [3.05, 3.63) is 143 Å². The number of aryl methyl sites for hydroxylation is 1. The highest BCUT2D eigenvalue weighted by molar-refractivity contribution is 5.97. The molecule has 0 saturated carbocycles. The summed E-state index contributed by atoms with van der Waals surface area (Å²) in [6.45, 7) is 2.14. The smallest absolute Gasteiger partial charge is 0.0886 e. The third kappa shape index (κ3) is 3.32. The Kier molecular flexibility index (Phi) is 4.74.